The molecule has 0 N–H and O–H groups in total. The molecule has 0 atom stereocenters. The second kappa shape index (κ2) is 6.09. The standard InChI is InChI=1S/C14H17N3O2S/c1-9-5-10(2)7-11(6-9)13-15-16-14(19-13)20-8-12(18)17(3)4/h5-7H,8H2,1-4H3. The van der Waals surface area contributed by atoms with E-state index in [1.54, 1.807) is 14.1 Å². The highest BCUT2D eigenvalue weighted by molar-refractivity contribution is 7.99. The van der Waals surface area contributed by atoms with E-state index in [0.29, 0.717) is 16.9 Å². The number of thioether (sulfide) groups is 1. The highest BCUT2D eigenvalue weighted by Crippen LogP contribution is 2.24. The van der Waals surface area contributed by atoms with Gasteiger partial charge in [0.1, 0.15) is 0 Å². The number of hydrogen-bond acceptors (Lipinski definition) is 5. The molecule has 6 heteroatoms. The highest BCUT2D eigenvalue weighted by atomic mass is 32.2. The Morgan fingerprint density at radius 1 is 1.20 bits per heavy atom. The first kappa shape index (κ1) is 14.6. The number of nitrogens with zero attached hydrogens (tertiary/aromatic N) is 3. The molecule has 2 rings (SSSR count). The van der Waals surface area contributed by atoms with Gasteiger partial charge in [-0.15, -0.1) is 10.2 Å². The van der Waals surface area contributed by atoms with Gasteiger partial charge < -0.3 is 9.32 Å². The molecular weight excluding hydrogens is 274 g/mol. The van der Waals surface area contributed by atoms with Crippen molar-refractivity contribution in [2.24, 2.45) is 0 Å². The van der Waals surface area contributed by atoms with E-state index in [1.165, 1.54) is 16.7 Å². The van der Waals surface area contributed by atoms with Gasteiger partial charge in [-0.05, 0) is 26.0 Å². The lowest BCUT2D eigenvalue weighted by Gasteiger charge is -2.07. The molecule has 2 aromatic rings. The zero-order valence-electron chi connectivity index (χ0n) is 12.0. The third-order valence-corrected chi connectivity index (χ3v) is 3.50. The van der Waals surface area contributed by atoms with Crippen LogP contribution >= 0.6 is 11.8 Å². The van der Waals surface area contributed by atoms with E-state index in [1.807, 2.05) is 26.0 Å². The second-order valence-electron chi connectivity index (χ2n) is 4.83. The van der Waals surface area contributed by atoms with E-state index in [0.717, 1.165) is 16.7 Å². The Balaban J connectivity index is 2.10. The number of amides is 1. The van der Waals surface area contributed by atoms with Gasteiger partial charge in [0, 0.05) is 19.7 Å². The van der Waals surface area contributed by atoms with Crippen LogP contribution in [0.25, 0.3) is 11.5 Å². The third-order valence-electron chi connectivity index (χ3n) is 2.69. The smallest absolute Gasteiger partial charge is 0.277 e. The topological polar surface area (TPSA) is 59.2 Å². The Hall–Kier alpha value is -1.82. The van der Waals surface area contributed by atoms with Crippen LogP contribution in [0.5, 0.6) is 0 Å². The Kier molecular flexibility index (Phi) is 4.44. The zero-order chi connectivity index (χ0) is 14.7. The summed E-state index contributed by atoms with van der Waals surface area (Å²) in [5.74, 6) is 0.791. The van der Waals surface area contributed by atoms with Crippen molar-refractivity contribution in [2.75, 3.05) is 19.8 Å². The van der Waals surface area contributed by atoms with Gasteiger partial charge in [-0.3, -0.25) is 4.79 Å². The largest absolute Gasteiger partial charge is 0.411 e. The number of hydrogen-bond donors (Lipinski definition) is 0. The lowest BCUT2D eigenvalue weighted by Crippen LogP contribution is -2.23. The van der Waals surface area contributed by atoms with E-state index >= 15 is 0 Å². The van der Waals surface area contributed by atoms with Crippen molar-refractivity contribution in [3.05, 3.63) is 29.3 Å². The van der Waals surface area contributed by atoms with Gasteiger partial charge in [-0.1, -0.05) is 29.0 Å². The molecule has 0 bridgehead atoms. The summed E-state index contributed by atoms with van der Waals surface area (Å²) in [5, 5.41) is 8.40. The molecule has 0 spiro atoms. The van der Waals surface area contributed by atoms with E-state index < -0.39 is 0 Å². The van der Waals surface area contributed by atoms with Crippen molar-refractivity contribution in [2.45, 2.75) is 19.1 Å². The van der Waals surface area contributed by atoms with Crippen molar-refractivity contribution >= 4 is 17.7 Å². The van der Waals surface area contributed by atoms with Gasteiger partial charge in [-0.2, -0.15) is 0 Å². The monoisotopic (exact) mass is 291 g/mol. The van der Waals surface area contributed by atoms with Crippen molar-refractivity contribution in [1.29, 1.82) is 0 Å². The van der Waals surface area contributed by atoms with E-state index in [-0.39, 0.29) is 5.91 Å². The number of carbonyl (C=O) groups is 1. The van der Waals surface area contributed by atoms with Crippen molar-refractivity contribution in [3.63, 3.8) is 0 Å². The molecule has 1 aromatic heterocycles. The average Bonchev–Trinajstić information content (AvgIpc) is 2.83. The summed E-state index contributed by atoms with van der Waals surface area (Å²) in [7, 11) is 3.44. The van der Waals surface area contributed by atoms with Crippen LogP contribution in [0, 0.1) is 13.8 Å². The van der Waals surface area contributed by atoms with Crippen molar-refractivity contribution in [3.8, 4) is 11.5 Å². The quantitative estimate of drug-likeness (QED) is 0.810. The third kappa shape index (κ3) is 3.60. The van der Waals surface area contributed by atoms with Crippen LogP contribution in [0.1, 0.15) is 11.1 Å². The summed E-state index contributed by atoms with van der Waals surface area (Å²) < 4.78 is 5.58. The lowest BCUT2D eigenvalue weighted by molar-refractivity contribution is -0.125. The SMILES string of the molecule is Cc1cc(C)cc(-c2nnc(SCC(=O)N(C)C)o2)c1. The fourth-order valence-corrected chi connectivity index (χ4v) is 2.48. The highest BCUT2D eigenvalue weighted by Gasteiger charge is 2.12. The fourth-order valence-electron chi connectivity index (χ4n) is 1.74. The number of carbonyl (C=O) groups excluding carboxylic acids is 1. The first-order chi connectivity index (χ1) is 9.45. The van der Waals surface area contributed by atoms with Crippen molar-refractivity contribution in [1.82, 2.24) is 15.1 Å². The van der Waals surface area contributed by atoms with E-state index in [9.17, 15) is 4.79 Å². The molecule has 1 amide bonds. The summed E-state index contributed by atoms with van der Waals surface area (Å²) in [6.45, 7) is 4.05. The maximum atomic E-state index is 11.5. The molecule has 0 saturated carbocycles. The van der Waals surface area contributed by atoms with E-state index in [4.69, 9.17) is 4.42 Å². The summed E-state index contributed by atoms with van der Waals surface area (Å²) in [6.07, 6.45) is 0. The minimum Gasteiger partial charge on any atom is -0.411 e. The van der Waals surface area contributed by atoms with Gasteiger partial charge in [-0.25, -0.2) is 0 Å². The molecule has 0 aliphatic rings. The molecule has 0 unspecified atom stereocenters. The number of aromatic nitrogens is 2. The fraction of sp³-hybridized carbons (Fsp3) is 0.357. The van der Waals surface area contributed by atoms with Crippen LogP contribution in [-0.2, 0) is 4.79 Å². The van der Waals surface area contributed by atoms with Crippen LogP contribution in [0.4, 0.5) is 0 Å². The number of aryl methyl sites for hydroxylation is 2. The molecule has 0 aliphatic heterocycles. The first-order valence-electron chi connectivity index (χ1n) is 6.21. The second-order valence-corrected chi connectivity index (χ2v) is 5.75. The predicted molar refractivity (Wildman–Crippen MR) is 78.6 cm³/mol. The van der Waals surface area contributed by atoms with Crippen LogP contribution < -0.4 is 0 Å². The van der Waals surface area contributed by atoms with Crippen LogP contribution in [-0.4, -0.2) is 40.9 Å². The molecule has 5 nitrogen and oxygen atoms in total. The average molecular weight is 291 g/mol. The van der Waals surface area contributed by atoms with Crippen LogP contribution in [0.3, 0.4) is 0 Å². The van der Waals surface area contributed by atoms with Gasteiger partial charge in [0.2, 0.25) is 11.8 Å². The summed E-state index contributed by atoms with van der Waals surface area (Å²) in [5.41, 5.74) is 3.20. The summed E-state index contributed by atoms with van der Waals surface area (Å²) in [6, 6.07) is 6.09. The Bertz CT molecular complexity index is 602. The Morgan fingerprint density at radius 2 is 1.85 bits per heavy atom. The van der Waals surface area contributed by atoms with Gasteiger partial charge in [0.25, 0.3) is 5.22 Å². The molecule has 0 fully saturated rings. The maximum Gasteiger partial charge on any atom is 0.277 e. The van der Waals surface area contributed by atoms with Crippen molar-refractivity contribution < 1.29 is 9.21 Å². The van der Waals surface area contributed by atoms with Gasteiger partial charge >= 0.3 is 0 Å². The first-order valence-corrected chi connectivity index (χ1v) is 7.19. The normalized spacial score (nSPS) is 10.6. The molecule has 106 valence electrons. The zero-order valence-corrected chi connectivity index (χ0v) is 12.8. The molecular formula is C14H17N3O2S. The molecule has 1 heterocycles. The summed E-state index contributed by atoms with van der Waals surface area (Å²) in [4.78, 5) is 13.0. The molecule has 0 radical (unpaired) electrons. The number of rotatable bonds is 4. The number of benzene rings is 1. The van der Waals surface area contributed by atoms with E-state index in [2.05, 4.69) is 16.3 Å². The van der Waals surface area contributed by atoms with Gasteiger partial charge in [0.15, 0.2) is 0 Å². The maximum absolute atomic E-state index is 11.5. The predicted octanol–water partition coefficient (Wildman–Crippen LogP) is 2.53. The molecule has 1 aromatic carbocycles. The Morgan fingerprint density at radius 3 is 2.45 bits per heavy atom. The molecule has 0 saturated heterocycles. The van der Waals surface area contributed by atoms with Crippen LogP contribution in [0.2, 0.25) is 0 Å². The summed E-state index contributed by atoms with van der Waals surface area (Å²) >= 11 is 1.25. The molecule has 0 aliphatic carbocycles. The molecule has 20 heavy (non-hydrogen) atoms. The Labute approximate surface area is 122 Å². The lowest BCUT2D eigenvalue weighted by atomic mass is 10.1. The minimum atomic E-state index is 0.0150. The minimum absolute atomic E-state index is 0.0150. The van der Waals surface area contributed by atoms with Gasteiger partial charge in [0.05, 0.1) is 5.75 Å². The van der Waals surface area contributed by atoms with Crippen LogP contribution in [0.15, 0.2) is 27.8 Å².